The maximum Gasteiger partial charge on any atom is 0.204 e. The predicted molar refractivity (Wildman–Crippen MR) is 113 cm³/mol. The number of rotatable bonds is 4. The van der Waals surface area contributed by atoms with Gasteiger partial charge >= 0.3 is 0 Å². The first kappa shape index (κ1) is 22.0. The molecule has 0 spiro atoms. The molecule has 0 bridgehead atoms. The second-order valence-corrected chi connectivity index (χ2v) is 6.56. The van der Waals surface area contributed by atoms with Gasteiger partial charge in [-0.15, -0.1) is 35.0 Å². The van der Waals surface area contributed by atoms with Crippen molar-refractivity contribution in [2.45, 2.75) is 26.3 Å². The van der Waals surface area contributed by atoms with E-state index >= 15 is 0 Å². The van der Waals surface area contributed by atoms with Gasteiger partial charge in [-0.3, -0.25) is 0 Å². The second kappa shape index (κ2) is 9.77. The molecule has 1 aliphatic heterocycles. The van der Waals surface area contributed by atoms with Crippen LogP contribution in [0.3, 0.4) is 0 Å². The van der Waals surface area contributed by atoms with Gasteiger partial charge < -0.3 is 10.2 Å². The number of aryl methyl sites for hydroxylation is 1. The fourth-order valence-corrected chi connectivity index (χ4v) is 3.40. The first-order valence-electron chi connectivity index (χ1n) is 8.82. The van der Waals surface area contributed by atoms with Gasteiger partial charge in [0, 0.05) is 37.7 Å². The molecule has 0 unspecified atom stereocenters. The Bertz CT molecular complexity index is 901. The molecule has 0 saturated heterocycles. The Morgan fingerprint density at radius 3 is 2.71 bits per heavy atom. The molecule has 0 atom stereocenters. The van der Waals surface area contributed by atoms with Crippen LogP contribution in [0.1, 0.15) is 22.6 Å². The number of halogens is 2. The third-order valence-electron chi connectivity index (χ3n) is 4.58. The minimum Gasteiger partial charge on any atom is -0.355 e. The van der Waals surface area contributed by atoms with Crippen molar-refractivity contribution in [3.63, 3.8) is 0 Å². The van der Waals surface area contributed by atoms with Crippen molar-refractivity contribution in [3.05, 3.63) is 46.9 Å². The van der Waals surface area contributed by atoms with Crippen LogP contribution in [0.15, 0.2) is 24.3 Å². The number of hydrogen-bond acceptors (Lipinski definition) is 7. The van der Waals surface area contributed by atoms with Crippen LogP contribution < -0.4 is 10.2 Å². The Hall–Kier alpha value is -2.29. The van der Waals surface area contributed by atoms with E-state index in [9.17, 15) is 0 Å². The second-order valence-electron chi connectivity index (χ2n) is 6.56. The van der Waals surface area contributed by atoms with Crippen LogP contribution in [0.5, 0.6) is 0 Å². The normalized spacial score (nSPS) is 12.9. The quantitative estimate of drug-likeness (QED) is 0.664. The molecule has 0 fully saturated rings. The number of tetrazole rings is 1. The van der Waals surface area contributed by atoms with Crippen LogP contribution in [-0.4, -0.2) is 50.7 Å². The van der Waals surface area contributed by atoms with Crippen molar-refractivity contribution in [1.29, 1.82) is 0 Å². The molecule has 4 rings (SSSR count). The minimum absolute atomic E-state index is 0. The molecular weight excluding hydrogens is 399 g/mol. The number of fused-ring (bicyclic) bond motifs is 1. The summed E-state index contributed by atoms with van der Waals surface area (Å²) in [6, 6.07) is 8.20. The van der Waals surface area contributed by atoms with Gasteiger partial charge in [-0.2, -0.15) is 5.21 Å². The number of H-pyrrole nitrogens is 1. The minimum atomic E-state index is 0. The first-order valence-corrected chi connectivity index (χ1v) is 8.82. The molecule has 150 valence electrons. The lowest BCUT2D eigenvalue weighted by Crippen LogP contribution is -2.22. The molecule has 3 aromatic rings. The fourth-order valence-electron chi connectivity index (χ4n) is 3.40. The van der Waals surface area contributed by atoms with Crippen LogP contribution in [-0.2, 0) is 19.4 Å². The van der Waals surface area contributed by atoms with Gasteiger partial charge in [-0.1, -0.05) is 18.2 Å². The zero-order chi connectivity index (χ0) is 17.9. The Kier molecular flexibility index (Phi) is 7.68. The molecule has 2 N–H and O–H groups in total. The van der Waals surface area contributed by atoms with E-state index in [0.717, 1.165) is 49.7 Å². The van der Waals surface area contributed by atoms with Gasteiger partial charge in [0.1, 0.15) is 11.6 Å². The smallest absolute Gasteiger partial charge is 0.204 e. The number of benzene rings is 1. The lowest BCUT2D eigenvalue weighted by molar-refractivity contribution is 0.708. The summed E-state index contributed by atoms with van der Waals surface area (Å²) in [5.41, 5.74) is 4.56. The van der Waals surface area contributed by atoms with Gasteiger partial charge in [0.25, 0.3) is 0 Å². The highest BCUT2D eigenvalue weighted by atomic mass is 35.5. The van der Waals surface area contributed by atoms with E-state index in [1.54, 1.807) is 0 Å². The number of anilines is 1. The lowest BCUT2D eigenvalue weighted by Gasteiger charge is -2.23. The zero-order valence-electron chi connectivity index (χ0n) is 15.8. The van der Waals surface area contributed by atoms with Gasteiger partial charge in [-0.05, 0) is 36.7 Å². The first-order chi connectivity index (χ1) is 12.7. The molecule has 10 heteroatoms. The van der Waals surface area contributed by atoms with Crippen molar-refractivity contribution >= 4 is 30.6 Å². The Labute approximate surface area is 176 Å². The highest BCUT2D eigenvalue weighted by molar-refractivity contribution is 5.85. The molecular formula is C18H24Cl2N8. The number of hydrogen-bond donors (Lipinski definition) is 2. The highest BCUT2D eigenvalue weighted by Crippen LogP contribution is 2.24. The van der Waals surface area contributed by atoms with Crippen molar-refractivity contribution in [1.82, 2.24) is 35.9 Å². The summed E-state index contributed by atoms with van der Waals surface area (Å²) >= 11 is 0. The molecule has 0 saturated carbocycles. The Morgan fingerprint density at radius 2 is 1.93 bits per heavy atom. The molecule has 1 aliphatic rings. The fraction of sp³-hybridized carbons (Fsp3) is 0.389. The molecule has 28 heavy (non-hydrogen) atoms. The summed E-state index contributed by atoms with van der Waals surface area (Å²) in [7, 11) is 2.08. The van der Waals surface area contributed by atoms with E-state index in [0.29, 0.717) is 5.82 Å². The topological polar surface area (TPSA) is 95.5 Å². The van der Waals surface area contributed by atoms with E-state index in [4.69, 9.17) is 4.98 Å². The van der Waals surface area contributed by atoms with Crippen LogP contribution in [0.25, 0.3) is 11.4 Å². The zero-order valence-corrected chi connectivity index (χ0v) is 17.5. The van der Waals surface area contributed by atoms with Gasteiger partial charge in [0.2, 0.25) is 5.82 Å². The largest absolute Gasteiger partial charge is 0.355 e. The number of aromatic nitrogens is 6. The SMILES string of the molecule is Cc1nc2c(c(N(C)Cc3cccc(-c4nn[nH]n4)c3)n1)CCNCC2.Cl.Cl. The van der Waals surface area contributed by atoms with Crippen LogP contribution in [0, 0.1) is 6.92 Å². The van der Waals surface area contributed by atoms with Gasteiger partial charge in [-0.25, -0.2) is 9.97 Å². The van der Waals surface area contributed by atoms with Crippen molar-refractivity contribution < 1.29 is 0 Å². The molecule has 2 aromatic heterocycles. The van der Waals surface area contributed by atoms with Crippen LogP contribution in [0.2, 0.25) is 0 Å². The molecule has 0 aliphatic carbocycles. The summed E-state index contributed by atoms with van der Waals surface area (Å²) in [5.74, 6) is 2.46. The van der Waals surface area contributed by atoms with E-state index in [1.807, 2.05) is 19.1 Å². The van der Waals surface area contributed by atoms with E-state index in [-0.39, 0.29) is 24.8 Å². The van der Waals surface area contributed by atoms with E-state index < -0.39 is 0 Å². The average molecular weight is 423 g/mol. The van der Waals surface area contributed by atoms with Crippen LogP contribution in [0.4, 0.5) is 5.82 Å². The van der Waals surface area contributed by atoms with Crippen molar-refractivity contribution in [3.8, 4) is 11.4 Å². The standard InChI is InChI=1S/C18H22N8.2ClH/c1-12-20-16-7-9-19-8-6-15(16)18(21-12)26(2)11-13-4-3-5-14(10-13)17-22-24-25-23-17;;/h3-5,10,19H,6-9,11H2,1-2H3,(H,22,23,24,25);2*1H. The molecule has 0 amide bonds. The Balaban J connectivity index is 0.00000140. The average Bonchev–Trinajstić information content (AvgIpc) is 3.08. The van der Waals surface area contributed by atoms with Crippen molar-refractivity contribution in [2.24, 2.45) is 0 Å². The number of aromatic amines is 1. The maximum atomic E-state index is 4.74. The third kappa shape index (κ3) is 4.76. The maximum absolute atomic E-state index is 4.74. The summed E-state index contributed by atoms with van der Waals surface area (Å²) < 4.78 is 0. The lowest BCUT2D eigenvalue weighted by atomic mass is 10.1. The van der Waals surface area contributed by atoms with Gasteiger partial charge in [0.05, 0.1) is 5.69 Å². The summed E-state index contributed by atoms with van der Waals surface area (Å²) in [4.78, 5) is 11.6. The van der Waals surface area contributed by atoms with E-state index in [2.05, 4.69) is 55.0 Å². The summed E-state index contributed by atoms with van der Waals surface area (Å²) in [5, 5.41) is 17.7. The molecule has 0 radical (unpaired) electrons. The number of nitrogens with zero attached hydrogens (tertiary/aromatic N) is 6. The van der Waals surface area contributed by atoms with Crippen molar-refractivity contribution in [2.75, 3.05) is 25.0 Å². The predicted octanol–water partition coefficient (Wildman–Crippen LogP) is 2.13. The molecule has 8 nitrogen and oxygen atoms in total. The molecule has 1 aromatic carbocycles. The monoisotopic (exact) mass is 422 g/mol. The Morgan fingerprint density at radius 1 is 1.11 bits per heavy atom. The van der Waals surface area contributed by atoms with E-state index in [1.165, 1.54) is 16.8 Å². The van der Waals surface area contributed by atoms with Gasteiger partial charge in [0.15, 0.2) is 0 Å². The number of nitrogens with one attached hydrogen (secondary N) is 2. The summed E-state index contributed by atoms with van der Waals surface area (Å²) in [6.07, 6.45) is 1.91. The third-order valence-corrected chi connectivity index (χ3v) is 4.58. The summed E-state index contributed by atoms with van der Waals surface area (Å²) in [6.45, 7) is 4.65. The molecule has 3 heterocycles. The highest BCUT2D eigenvalue weighted by Gasteiger charge is 2.18. The van der Waals surface area contributed by atoms with Crippen LogP contribution >= 0.6 is 24.8 Å².